The highest BCUT2D eigenvalue weighted by Crippen LogP contribution is 2.31. The van der Waals surface area contributed by atoms with Crippen LogP contribution in [0.5, 0.6) is 0 Å². The molecular formula is C12H18N2O2. The first kappa shape index (κ1) is 11.3. The molecule has 0 amide bonds. The van der Waals surface area contributed by atoms with Gasteiger partial charge in [0, 0.05) is 18.9 Å². The first-order valence-electron chi connectivity index (χ1n) is 5.78. The van der Waals surface area contributed by atoms with Gasteiger partial charge in [0.2, 0.25) is 0 Å². The lowest BCUT2D eigenvalue weighted by Crippen LogP contribution is -2.22. The molecule has 2 unspecified atom stereocenters. The van der Waals surface area contributed by atoms with Crippen molar-refractivity contribution in [3.8, 4) is 0 Å². The Balaban J connectivity index is 2.05. The van der Waals surface area contributed by atoms with Gasteiger partial charge < -0.3 is 14.1 Å². The van der Waals surface area contributed by atoms with Gasteiger partial charge in [-0.2, -0.15) is 0 Å². The topological polar surface area (TPSA) is 44.1 Å². The molecule has 0 aliphatic carbocycles. The fourth-order valence-electron chi connectivity index (χ4n) is 2.52. The average Bonchev–Trinajstić information content (AvgIpc) is 2.86. The van der Waals surface area contributed by atoms with Crippen molar-refractivity contribution >= 4 is 6.29 Å². The highest BCUT2D eigenvalue weighted by molar-refractivity contribution is 5.57. The zero-order valence-corrected chi connectivity index (χ0v) is 9.80. The molecule has 0 saturated carbocycles. The standard InChI is InChI=1S/C12H18N2O2/c1-3-11-9(7-16-12(11)6-15)4-10-5-13-8-14(10)2/h5-6,8-9,11-12H,3-4,7H2,1-2H3/t9?,11-,12?/m0/s1. The third kappa shape index (κ3) is 2.02. The van der Waals surface area contributed by atoms with Crippen LogP contribution in [0.4, 0.5) is 0 Å². The Morgan fingerprint density at radius 3 is 3.06 bits per heavy atom. The summed E-state index contributed by atoms with van der Waals surface area (Å²) in [5.41, 5.74) is 1.21. The molecule has 88 valence electrons. The Morgan fingerprint density at radius 2 is 2.50 bits per heavy atom. The summed E-state index contributed by atoms with van der Waals surface area (Å²) < 4.78 is 7.54. The van der Waals surface area contributed by atoms with Crippen molar-refractivity contribution in [2.45, 2.75) is 25.9 Å². The third-order valence-corrected chi connectivity index (χ3v) is 3.52. The lowest BCUT2D eigenvalue weighted by atomic mass is 9.86. The number of ether oxygens (including phenoxy) is 1. The first-order chi connectivity index (χ1) is 7.76. The second-order valence-electron chi connectivity index (χ2n) is 4.47. The highest BCUT2D eigenvalue weighted by atomic mass is 16.5. The molecule has 0 radical (unpaired) electrons. The molecule has 1 fully saturated rings. The SMILES string of the molecule is CC[C@H]1C(Cc2cncn2C)COC1C=O. The van der Waals surface area contributed by atoms with Crippen LogP contribution in [0, 0.1) is 11.8 Å². The van der Waals surface area contributed by atoms with E-state index in [-0.39, 0.29) is 6.10 Å². The van der Waals surface area contributed by atoms with E-state index in [2.05, 4.69) is 11.9 Å². The second-order valence-corrected chi connectivity index (χ2v) is 4.47. The largest absolute Gasteiger partial charge is 0.370 e. The van der Waals surface area contributed by atoms with Crippen LogP contribution in [0.25, 0.3) is 0 Å². The number of imidazole rings is 1. The van der Waals surface area contributed by atoms with Crippen LogP contribution in [-0.2, 0) is 23.0 Å². The van der Waals surface area contributed by atoms with Crippen LogP contribution in [-0.4, -0.2) is 28.5 Å². The molecule has 1 aromatic heterocycles. The van der Waals surface area contributed by atoms with Crippen LogP contribution < -0.4 is 0 Å². The zero-order valence-electron chi connectivity index (χ0n) is 9.80. The van der Waals surface area contributed by atoms with E-state index in [9.17, 15) is 4.79 Å². The van der Waals surface area contributed by atoms with E-state index in [0.717, 1.165) is 19.1 Å². The Hall–Kier alpha value is -1.16. The van der Waals surface area contributed by atoms with Crippen LogP contribution in [0.15, 0.2) is 12.5 Å². The van der Waals surface area contributed by atoms with E-state index < -0.39 is 0 Å². The van der Waals surface area contributed by atoms with Crippen molar-refractivity contribution in [2.24, 2.45) is 18.9 Å². The molecule has 4 nitrogen and oxygen atoms in total. The highest BCUT2D eigenvalue weighted by Gasteiger charge is 2.35. The quantitative estimate of drug-likeness (QED) is 0.719. The van der Waals surface area contributed by atoms with E-state index in [0.29, 0.717) is 18.4 Å². The molecule has 1 aliphatic heterocycles. The summed E-state index contributed by atoms with van der Waals surface area (Å²) in [5, 5.41) is 0. The second kappa shape index (κ2) is 4.78. The van der Waals surface area contributed by atoms with Gasteiger partial charge in [0.25, 0.3) is 0 Å². The van der Waals surface area contributed by atoms with Gasteiger partial charge in [-0.3, -0.25) is 0 Å². The summed E-state index contributed by atoms with van der Waals surface area (Å²) in [4.78, 5) is 15.0. The van der Waals surface area contributed by atoms with Crippen LogP contribution in [0.1, 0.15) is 19.0 Å². The Labute approximate surface area is 95.6 Å². The number of carbonyl (C=O) groups is 1. The molecule has 0 spiro atoms. The number of aromatic nitrogens is 2. The predicted molar refractivity (Wildman–Crippen MR) is 60.0 cm³/mol. The van der Waals surface area contributed by atoms with Crippen LogP contribution in [0.2, 0.25) is 0 Å². The van der Waals surface area contributed by atoms with Gasteiger partial charge in [0.15, 0.2) is 0 Å². The molecule has 16 heavy (non-hydrogen) atoms. The molecule has 1 aliphatic rings. The minimum atomic E-state index is -0.205. The number of rotatable bonds is 4. The summed E-state index contributed by atoms with van der Waals surface area (Å²) in [6, 6.07) is 0. The van der Waals surface area contributed by atoms with Crippen LogP contribution >= 0.6 is 0 Å². The van der Waals surface area contributed by atoms with Gasteiger partial charge in [0.05, 0.1) is 12.9 Å². The number of aryl methyl sites for hydroxylation is 1. The van der Waals surface area contributed by atoms with Crippen molar-refractivity contribution in [3.63, 3.8) is 0 Å². The Bertz CT molecular complexity index is 362. The number of hydrogen-bond acceptors (Lipinski definition) is 3. The Morgan fingerprint density at radius 1 is 1.69 bits per heavy atom. The van der Waals surface area contributed by atoms with Crippen molar-refractivity contribution < 1.29 is 9.53 Å². The van der Waals surface area contributed by atoms with Gasteiger partial charge in [-0.1, -0.05) is 13.3 Å². The molecule has 4 heteroatoms. The molecule has 1 saturated heterocycles. The van der Waals surface area contributed by atoms with E-state index in [1.807, 2.05) is 24.1 Å². The summed E-state index contributed by atoms with van der Waals surface area (Å²) in [6.07, 6.45) is 6.37. The molecular weight excluding hydrogens is 204 g/mol. The summed E-state index contributed by atoms with van der Waals surface area (Å²) >= 11 is 0. The minimum absolute atomic E-state index is 0.205. The molecule has 0 aromatic carbocycles. The lowest BCUT2D eigenvalue weighted by molar-refractivity contribution is -0.117. The maximum absolute atomic E-state index is 10.8. The predicted octanol–water partition coefficient (Wildman–Crippen LogP) is 1.20. The van der Waals surface area contributed by atoms with Crippen LogP contribution in [0.3, 0.4) is 0 Å². The van der Waals surface area contributed by atoms with Gasteiger partial charge in [0.1, 0.15) is 12.4 Å². The molecule has 3 atom stereocenters. The van der Waals surface area contributed by atoms with E-state index in [1.165, 1.54) is 5.69 Å². The minimum Gasteiger partial charge on any atom is -0.370 e. The molecule has 0 bridgehead atoms. The zero-order chi connectivity index (χ0) is 11.5. The monoisotopic (exact) mass is 222 g/mol. The molecule has 0 N–H and O–H groups in total. The summed E-state index contributed by atoms with van der Waals surface area (Å²) in [5.74, 6) is 0.794. The maximum Gasteiger partial charge on any atom is 0.149 e. The van der Waals surface area contributed by atoms with Crippen molar-refractivity contribution in [3.05, 3.63) is 18.2 Å². The third-order valence-electron chi connectivity index (χ3n) is 3.52. The molecule has 1 aromatic rings. The fraction of sp³-hybridized carbons (Fsp3) is 0.667. The summed E-state index contributed by atoms with van der Waals surface area (Å²) in [7, 11) is 2.00. The van der Waals surface area contributed by atoms with Crippen molar-refractivity contribution in [1.29, 1.82) is 0 Å². The number of aldehydes is 1. The maximum atomic E-state index is 10.8. The smallest absolute Gasteiger partial charge is 0.149 e. The van der Waals surface area contributed by atoms with E-state index in [1.54, 1.807) is 0 Å². The number of hydrogen-bond donors (Lipinski definition) is 0. The number of nitrogens with zero attached hydrogens (tertiary/aromatic N) is 2. The van der Waals surface area contributed by atoms with E-state index >= 15 is 0 Å². The summed E-state index contributed by atoms with van der Waals surface area (Å²) in [6.45, 7) is 2.80. The number of carbonyl (C=O) groups excluding carboxylic acids is 1. The van der Waals surface area contributed by atoms with Crippen molar-refractivity contribution in [2.75, 3.05) is 6.61 Å². The van der Waals surface area contributed by atoms with Gasteiger partial charge in [-0.05, 0) is 18.3 Å². The van der Waals surface area contributed by atoms with Gasteiger partial charge >= 0.3 is 0 Å². The van der Waals surface area contributed by atoms with Crippen molar-refractivity contribution in [1.82, 2.24) is 9.55 Å². The van der Waals surface area contributed by atoms with Gasteiger partial charge in [-0.15, -0.1) is 0 Å². The normalized spacial score (nSPS) is 29.5. The molecule has 2 heterocycles. The van der Waals surface area contributed by atoms with E-state index in [4.69, 9.17) is 4.74 Å². The Kier molecular flexibility index (Phi) is 3.39. The first-order valence-corrected chi connectivity index (χ1v) is 5.78. The lowest BCUT2D eigenvalue weighted by Gasteiger charge is -2.17. The average molecular weight is 222 g/mol. The fourth-order valence-corrected chi connectivity index (χ4v) is 2.52. The van der Waals surface area contributed by atoms with Gasteiger partial charge in [-0.25, -0.2) is 4.98 Å². The molecule has 2 rings (SSSR count).